The zero-order chi connectivity index (χ0) is 16.9. The second kappa shape index (κ2) is 7.34. The highest BCUT2D eigenvalue weighted by atomic mass is 16.5. The predicted octanol–water partition coefficient (Wildman–Crippen LogP) is 3.10. The van der Waals surface area contributed by atoms with Gasteiger partial charge in [-0.1, -0.05) is 18.2 Å². The van der Waals surface area contributed by atoms with Gasteiger partial charge in [0.25, 0.3) is 0 Å². The zero-order valence-corrected chi connectivity index (χ0v) is 14.2. The topological polar surface area (TPSA) is 54.5 Å². The van der Waals surface area contributed by atoms with Gasteiger partial charge >= 0.3 is 6.03 Å². The highest BCUT2D eigenvalue weighted by Crippen LogP contribution is 2.34. The van der Waals surface area contributed by atoms with E-state index in [-0.39, 0.29) is 12.1 Å². The molecule has 1 aliphatic rings. The van der Waals surface area contributed by atoms with E-state index in [1.165, 1.54) is 0 Å². The molecule has 0 radical (unpaired) electrons. The first kappa shape index (κ1) is 16.3. The molecule has 2 heterocycles. The Kier molecular flexibility index (Phi) is 4.99. The quantitative estimate of drug-likeness (QED) is 0.919. The van der Waals surface area contributed by atoms with Crippen LogP contribution in [0.3, 0.4) is 0 Å². The number of aromatic nitrogens is 1. The van der Waals surface area contributed by atoms with Gasteiger partial charge in [0, 0.05) is 30.9 Å². The van der Waals surface area contributed by atoms with Crippen molar-refractivity contribution in [2.75, 3.05) is 20.2 Å². The molecule has 126 valence electrons. The van der Waals surface area contributed by atoms with Crippen LogP contribution < -0.4 is 10.1 Å². The van der Waals surface area contributed by atoms with E-state index in [1.54, 1.807) is 7.11 Å². The first-order chi connectivity index (χ1) is 11.7. The maximum Gasteiger partial charge on any atom is 0.317 e. The lowest BCUT2D eigenvalue weighted by Crippen LogP contribution is -2.50. The molecule has 1 aliphatic heterocycles. The maximum atomic E-state index is 12.4. The lowest BCUT2D eigenvalue weighted by atomic mass is 9.95. The van der Waals surface area contributed by atoms with E-state index >= 15 is 0 Å². The first-order valence-electron chi connectivity index (χ1n) is 8.28. The Hall–Kier alpha value is -2.56. The number of nitrogens with zero attached hydrogens (tertiary/aromatic N) is 2. The summed E-state index contributed by atoms with van der Waals surface area (Å²) in [7, 11) is 1.66. The molecule has 3 rings (SSSR count). The molecule has 0 saturated carbocycles. The minimum atomic E-state index is -0.0123. The molecule has 1 aromatic carbocycles. The summed E-state index contributed by atoms with van der Waals surface area (Å²) in [6, 6.07) is 14.0. The molecule has 1 aromatic heterocycles. The molecular formula is C19H23N3O2. The van der Waals surface area contributed by atoms with E-state index in [2.05, 4.69) is 10.3 Å². The van der Waals surface area contributed by atoms with Crippen LogP contribution in [0, 0.1) is 6.92 Å². The fourth-order valence-corrected chi connectivity index (χ4v) is 2.96. The van der Waals surface area contributed by atoms with Gasteiger partial charge in [0.15, 0.2) is 0 Å². The van der Waals surface area contributed by atoms with Gasteiger partial charge in [-0.15, -0.1) is 0 Å². The summed E-state index contributed by atoms with van der Waals surface area (Å²) in [5.74, 6) is 0.824. The number of urea groups is 1. The minimum absolute atomic E-state index is 0.0123. The number of hydrogen-bond acceptors (Lipinski definition) is 3. The van der Waals surface area contributed by atoms with Crippen LogP contribution in [0.5, 0.6) is 5.75 Å². The number of rotatable bonds is 5. The molecule has 5 nitrogen and oxygen atoms in total. The molecule has 1 fully saturated rings. The van der Waals surface area contributed by atoms with Crippen molar-refractivity contribution in [1.82, 2.24) is 15.2 Å². The van der Waals surface area contributed by atoms with E-state index in [1.807, 2.05) is 54.3 Å². The Balaban J connectivity index is 1.53. The predicted molar refractivity (Wildman–Crippen MR) is 93.1 cm³/mol. The van der Waals surface area contributed by atoms with E-state index in [9.17, 15) is 4.79 Å². The molecule has 2 aromatic rings. The van der Waals surface area contributed by atoms with Crippen molar-refractivity contribution in [2.45, 2.75) is 25.8 Å². The van der Waals surface area contributed by atoms with Crippen LogP contribution in [-0.4, -0.2) is 36.1 Å². The third kappa shape index (κ3) is 3.67. The SMILES string of the molecule is COc1cccc([C@@H]2CCN2C(=O)NCCc2cccc(C)n2)c1. The fourth-order valence-electron chi connectivity index (χ4n) is 2.96. The van der Waals surface area contributed by atoms with Crippen molar-refractivity contribution < 1.29 is 9.53 Å². The lowest BCUT2D eigenvalue weighted by Gasteiger charge is -2.41. The molecule has 5 heteroatoms. The van der Waals surface area contributed by atoms with Crippen molar-refractivity contribution in [3.8, 4) is 5.75 Å². The van der Waals surface area contributed by atoms with Crippen LogP contribution >= 0.6 is 0 Å². The summed E-state index contributed by atoms with van der Waals surface area (Å²) in [4.78, 5) is 18.7. The Morgan fingerprint density at radius 2 is 2.17 bits per heavy atom. The summed E-state index contributed by atoms with van der Waals surface area (Å²) in [5.41, 5.74) is 3.12. The summed E-state index contributed by atoms with van der Waals surface area (Å²) in [6.07, 6.45) is 1.73. The Morgan fingerprint density at radius 1 is 1.33 bits per heavy atom. The third-order valence-electron chi connectivity index (χ3n) is 4.36. The molecule has 1 atom stereocenters. The minimum Gasteiger partial charge on any atom is -0.497 e. The van der Waals surface area contributed by atoms with E-state index in [4.69, 9.17) is 4.74 Å². The Labute approximate surface area is 142 Å². The number of pyridine rings is 1. The highest BCUT2D eigenvalue weighted by Gasteiger charge is 2.33. The van der Waals surface area contributed by atoms with Gasteiger partial charge in [0.05, 0.1) is 13.2 Å². The average molecular weight is 325 g/mol. The van der Waals surface area contributed by atoms with Crippen molar-refractivity contribution in [2.24, 2.45) is 0 Å². The highest BCUT2D eigenvalue weighted by molar-refractivity contribution is 5.75. The van der Waals surface area contributed by atoms with Crippen LogP contribution in [0.15, 0.2) is 42.5 Å². The summed E-state index contributed by atoms with van der Waals surface area (Å²) >= 11 is 0. The number of likely N-dealkylation sites (tertiary alicyclic amines) is 1. The monoisotopic (exact) mass is 325 g/mol. The van der Waals surface area contributed by atoms with Gasteiger partial charge in [-0.05, 0) is 43.2 Å². The molecule has 0 unspecified atom stereocenters. The van der Waals surface area contributed by atoms with E-state index in [0.717, 1.165) is 42.1 Å². The maximum absolute atomic E-state index is 12.4. The smallest absolute Gasteiger partial charge is 0.317 e. The van der Waals surface area contributed by atoms with E-state index in [0.29, 0.717) is 6.54 Å². The zero-order valence-electron chi connectivity index (χ0n) is 14.2. The molecule has 0 bridgehead atoms. The van der Waals surface area contributed by atoms with E-state index < -0.39 is 0 Å². The first-order valence-corrected chi connectivity index (χ1v) is 8.28. The summed E-state index contributed by atoms with van der Waals surface area (Å²) in [5, 5.41) is 3.00. The molecule has 1 saturated heterocycles. The van der Waals surface area contributed by atoms with Crippen LogP contribution in [0.4, 0.5) is 4.79 Å². The summed E-state index contributed by atoms with van der Waals surface area (Å²) in [6.45, 7) is 3.36. The largest absolute Gasteiger partial charge is 0.497 e. The van der Waals surface area contributed by atoms with Crippen LogP contribution in [0.1, 0.15) is 29.4 Å². The molecule has 24 heavy (non-hydrogen) atoms. The summed E-state index contributed by atoms with van der Waals surface area (Å²) < 4.78 is 5.27. The standard InChI is InChI=1S/C19H23N3O2/c1-14-5-3-7-16(21-14)9-11-20-19(23)22-12-10-18(22)15-6-4-8-17(13-15)24-2/h3-8,13,18H,9-12H2,1-2H3,(H,20,23)/t18-/m0/s1. The molecule has 0 aliphatic carbocycles. The Bertz CT molecular complexity index is 717. The molecule has 0 spiro atoms. The number of carbonyl (C=O) groups is 1. The van der Waals surface area contributed by atoms with Crippen molar-refractivity contribution in [3.63, 3.8) is 0 Å². The second-order valence-electron chi connectivity index (χ2n) is 6.03. The molecule has 2 amide bonds. The number of carbonyl (C=O) groups excluding carboxylic acids is 1. The fraction of sp³-hybridized carbons (Fsp3) is 0.368. The lowest BCUT2D eigenvalue weighted by molar-refractivity contribution is 0.115. The normalized spacial score (nSPS) is 16.4. The number of hydrogen-bond donors (Lipinski definition) is 1. The third-order valence-corrected chi connectivity index (χ3v) is 4.36. The number of methoxy groups -OCH3 is 1. The number of amides is 2. The average Bonchev–Trinajstić information content (AvgIpc) is 2.54. The van der Waals surface area contributed by atoms with Gasteiger partial charge < -0.3 is 15.0 Å². The number of ether oxygens (including phenoxy) is 1. The van der Waals surface area contributed by atoms with Crippen LogP contribution in [0.2, 0.25) is 0 Å². The van der Waals surface area contributed by atoms with Gasteiger partial charge in [0.1, 0.15) is 5.75 Å². The molecule has 1 N–H and O–H groups in total. The molecular weight excluding hydrogens is 302 g/mol. The van der Waals surface area contributed by atoms with Gasteiger partial charge in [0.2, 0.25) is 0 Å². The van der Waals surface area contributed by atoms with Gasteiger partial charge in [-0.2, -0.15) is 0 Å². The number of benzene rings is 1. The van der Waals surface area contributed by atoms with Crippen molar-refractivity contribution in [1.29, 1.82) is 0 Å². The van der Waals surface area contributed by atoms with Crippen LogP contribution in [0.25, 0.3) is 0 Å². The van der Waals surface area contributed by atoms with Gasteiger partial charge in [-0.25, -0.2) is 4.79 Å². The van der Waals surface area contributed by atoms with Gasteiger partial charge in [-0.3, -0.25) is 4.98 Å². The van der Waals surface area contributed by atoms with Crippen LogP contribution in [-0.2, 0) is 6.42 Å². The second-order valence-corrected chi connectivity index (χ2v) is 6.03. The Morgan fingerprint density at radius 3 is 2.88 bits per heavy atom. The van der Waals surface area contributed by atoms with Crippen molar-refractivity contribution in [3.05, 3.63) is 59.4 Å². The number of nitrogens with one attached hydrogen (secondary N) is 1. The van der Waals surface area contributed by atoms with Crippen molar-refractivity contribution >= 4 is 6.03 Å². The number of aryl methyl sites for hydroxylation is 1.